The molecule has 0 saturated carbocycles. The second kappa shape index (κ2) is 7.35. The predicted octanol–water partition coefficient (Wildman–Crippen LogP) is 2.33. The average Bonchev–Trinajstić information content (AvgIpc) is 2.86. The van der Waals surface area contributed by atoms with Crippen molar-refractivity contribution in [1.29, 1.82) is 0 Å². The van der Waals surface area contributed by atoms with Crippen LogP contribution in [0.1, 0.15) is 63.7 Å². The minimum absolute atomic E-state index is 0.0620. The molecule has 1 aromatic carbocycles. The van der Waals surface area contributed by atoms with Gasteiger partial charge in [0.05, 0.1) is 11.1 Å². The first-order valence-corrected chi connectivity index (χ1v) is 8.84. The van der Waals surface area contributed by atoms with Crippen LogP contribution < -0.4 is 0 Å². The number of ether oxygens (including phenoxy) is 1. The van der Waals surface area contributed by atoms with Crippen molar-refractivity contribution in [2.24, 2.45) is 0 Å². The molecule has 2 aliphatic heterocycles. The molecule has 0 radical (unpaired) electrons. The number of methoxy groups -OCH3 is 1. The van der Waals surface area contributed by atoms with Crippen LogP contribution in [0.4, 0.5) is 0 Å². The molecule has 0 spiro atoms. The lowest BCUT2D eigenvalue weighted by atomic mass is 10.0. The number of amides is 3. The van der Waals surface area contributed by atoms with E-state index in [2.05, 4.69) is 6.92 Å². The first-order chi connectivity index (χ1) is 12.0. The normalized spacial score (nSPS) is 20.2. The summed E-state index contributed by atoms with van der Waals surface area (Å²) in [7, 11) is 1.59. The molecule has 2 aliphatic rings. The summed E-state index contributed by atoms with van der Waals surface area (Å²) in [5.74, 6) is -0.674. The number of likely N-dealkylation sites (tertiary alicyclic amines) is 1. The zero-order valence-electron chi connectivity index (χ0n) is 14.8. The van der Waals surface area contributed by atoms with E-state index in [1.54, 1.807) is 25.3 Å². The largest absolute Gasteiger partial charge is 0.385 e. The van der Waals surface area contributed by atoms with Crippen LogP contribution in [-0.2, 0) is 4.74 Å². The van der Waals surface area contributed by atoms with Crippen LogP contribution in [0.15, 0.2) is 18.2 Å². The van der Waals surface area contributed by atoms with Gasteiger partial charge in [0.25, 0.3) is 17.7 Å². The summed E-state index contributed by atoms with van der Waals surface area (Å²) in [5, 5.41) is 0. The van der Waals surface area contributed by atoms with Gasteiger partial charge in [-0.25, -0.2) is 0 Å². The third-order valence-corrected chi connectivity index (χ3v) is 5.01. The standard InChI is InChI=1S/C19H24N2O4/c1-13-6-3-4-9-20(13)17(22)14-7-8-15-16(12-14)19(24)21(18(15)23)10-5-11-25-2/h7-8,12-13H,3-6,9-11H2,1-2H3/t13-/m1/s1. The zero-order chi connectivity index (χ0) is 18.0. The first-order valence-electron chi connectivity index (χ1n) is 8.84. The molecule has 2 heterocycles. The molecular weight excluding hydrogens is 320 g/mol. The van der Waals surface area contributed by atoms with Gasteiger partial charge >= 0.3 is 0 Å². The Kier molecular flexibility index (Phi) is 5.18. The Hall–Kier alpha value is -2.21. The van der Waals surface area contributed by atoms with Crippen LogP contribution in [-0.4, -0.2) is 60.4 Å². The molecule has 0 aliphatic carbocycles. The smallest absolute Gasteiger partial charge is 0.261 e. The molecule has 1 fully saturated rings. The molecule has 1 saturated heterocycles. The molecular formula is C19H24N2O4. The van der Waals surface area contributed by atoms with Gasteiger partial charge in [0.15, 0.2) is 0 Å². The van der Waals surface area contributed by atoms with Crippen LogP contribution >= 0.6 is 0 Å². The van der Waals surface area contributed by atoms with Crippen LogP contribution in [0.2, 0.25) is 0 Å². The fourth-order valence-corrected chi connectivity index (χ4v) is 3.56. The number of hydrogen-bond acceptors (Lipinski definition) is 4. The summed E-state index contributed by atoms with van der Waals surface area (Å²) in [6.45, 7) is 3.61. The molecule has 0 bridgehead atoms. The summed E-state index contributed by atoms with van der Waals surface area (Å²) in [6.07, 6.45) is 3.74. The van der Waals surface area contributed by atoms with E-state index in [0.29, 0.717) is 36.3 Å². The Bertz CT molecular complexity index is 701. The lowest BCUT2D eigenvalue weighted by molar-refractivity contribution is 0.0629. The number of nitrogens with zero attached hydrogens (tertiary/aromatic N) is 2. The Balaban J connectivity index is 1.80. The lowest BCUT2D eigenvalue weighted by Crippen LogP contribution is -2.42. The maximum Gasteiger partial charge on any atom is 0.261 e. The van der Waals surface area contributed by atoms with Crippen molar-refractivity contribution in [2.45, 2.75) is 38.6 Å². The summed E-state index contributed by atoms with van der Waals surface area (Å²) in [4.78, 5) is 40.9. The topological polar surface area (TPSA) is 66.9 Å². The maximum absolute atomic E-state index is 12.8. The van der Waals surface area contributed by atoms with E-state index >= 15 is 0 Å². The van der Waals surface area contributed by atoms with Gasteiger partial charge in [0, 0.05) is 38.4 Å². The van der Waals surface area contributed by atoms with Gasteiger partial charge in [-0.15, -0.1) is 0 Å². The molecule has 0 aromatic heterocycles. The highest BCUT2D eigenvalue weighted by atomic mass is 16.5. The van der Waals surface area contributed by atoms with E-state index in [-0.39, 0.29) is 23.8 Å². The minimum Gasteiger partial charge on any atom is -0.385 e. The van der Waals surface area contributed by atoms with E-state index in [4.69, 9.17) is 4.74 Å². The van der Waals surface area contributed by atoms with Crippen molar-refractivity contribution >= 4 is 17.7 Å². The van der Waals surface area contributed by atoms with Crippen LogP contribution in [0.25, 0.3) is 0 Å². The molecule has 0 N–H and O–H groups in total. The molecule has 1 aromatic rings. The fourth-order valence-electron chi connectivity index (χ4n) is 3.56. The highest BCUT2D eigenvalue weighted by Gasteiger charge is 2.36. The number of benzene rings is 1. The van der Waals surface area contributed by atoms with Crippen molar-refractivity contribution in [1.82, 2.24) is 9.80 Å². The number of imide groups is 1. The van der Waals surface area contributed by atoms with Gasteiger partial charge in [0.1, 0.15) is 0 Å². The molecule has 6 nitrogen and oxygen atoms in total. The Morgan fingerprint density at radius 2 is 1.96 bits per heavy atom. The van der Waals surface area contributed by atoms with E-state index in [9.17, 15) is 14.4 Å². The molecule has 6 heteroatoms. The maximum atomic E-state index is 12.8. The summed E-state index contributed by atoms with van der Waals surface area (Å²) >= 11 is 0. The minimum atomic E-state index is -0.322. The van der Waals surface area contributed by atoms with E-state index < -0.39 is 0 Å². The van der Waals surface area contributed by atoms with Gasteiger partial charge in [-0.1, -0.05) is 0 Å². The monoisotopic (exact) mass is 344 g/mol. The lowest BCUT2D eigenvalue weighted by Gasteiger charge is -2.33. The molecule has 3 amide bonds. The highest BCUT2D eigenvalue weighted by Crippen LogP contribution is 2.26. The SMILES string of the molecule is COCCCN1C(=O)c2ccc(C(=O)N3CCCC[C@H]3C)cc2C1=O. The average molecular weight is 344 g/mol. The molecule has 1 atom stereocenters. The summed E-state index contributed by atoms with van der Waals surface area (Å²) in [6, 6.07) is 5.05. The van der Waals surface area contributed by atoms with Gasteiger partial charge < -0.3 is 9.64 Å². The van der Waals surface area contributed by atoms with Crippen LogP contribution in [0.3, 0.4) is 0 Å². The number of piperidine rings is 1. The summed E-state index contributed by atoms with van der Waals surface area (Å²) < 4.78 is 4.98. The Morgan fingerprint density at radius 1 is 1.20 bits per heavy atom. The number of hydrogen-bond donors (Lipinski definition) is 0. The van der Waals surface area contributed by atoms with Crippen LogP contribution in [0, 0.1) is 0 Å². The van der Waals surface area contributed by atoms with Gasteiger partial charge in [-0.2, -0.15) is 0 Å². The molecule has 134 valence electrons. The molecule has 25 heavy (non-hydrogen) atoms. The fraction of sp³-hybridized carbons (Fsp3) is 0.526. The highest BCUT2D eigenvalue weighted by molar-refractivity contribution is 6.22. The Labute approximate surface area is 147 Å². The van der Waals surface area contributed by atoms with Gasteiger partial charge in [-0.3, -0.25) is 19.3 Å². The van der Waals surface area contributed by atoms with Crippen molar-refractivity contribution < 1.29 is 19.1 Å². The number of carbonyl (C=O) groups is 3. The quantitative estimate of drug-likeness (QED) is 0.607. The van der Waals surface area contributed by atoms with Crippen LogP contribution in [0.5, 0.6) is 0 Å². The number of fused-ring (bicyclic) bond motifs is 1. The zero-order valence-corrected chi connectivity index (χ0v) is 14.8. The third-order valence-electron chi connectivity index (χ3n) is 5.01. The molecule has 0 unspecified atom stereocenters. The second-order valence-corrected chi connectivity index (χ2v) is 6.71. The second-order valence-electron chi connectivity index (χ2n) is 6.71. The summed E-state index contributed by atoms with van der Waals surface area (Å²) in [5.41, 5.74) is 1.19. The number of rotatable bonds is 5. The van der Waals surface area contributed by atoms with E-state index in [0.717, 1.165) is 25.8 Å². The molecule has 3 rings (SSSR count). The van der Waals surface area contributed by atoms with Crippen molar-refractivity contribution in [2.75, 3.05) is 26.8 Å². The van der Waals surface area contributed by atoms with Gasteiger partial charge in [0.2, 0.25) is 0 Å². The van der Waals surface area contributed by atoms with Crippen molar-refractivity contribution in [3.8, 4) is 0 Å². The predicted molar refractivity (Wildman–Crippen MR) is 92.7 cm³/mol. The van der Waals surface area contributed by atoms with E-state index in [1.165, 1.54) is 4.90 Å². The first kappa shape index (κ1) is 17.6. The van der Waals surface area contributed by atoms with Gasteiger partial charge in [-0.05, 0) is 50.8 Å². The number of carbonyl (C=O) groups excluding carboxylic acids is 3. The van der Waals surface area contributed by atoms with E-state index in [1.807, 2.05) is 4.90 Å². The third kappa shape index (κ3) is 3.31. The van der Waals surface area contributed by atoms with Crippen molar-refractivity contribution in [3.05, 3.63) is 34.9 Å². The Morgan fingerprint density at radius 3 is 2.68 bits per heavy atom. The van der Waals surface area contributed by atoms with Crippen molar-refractivity contribution in [3.63, 3.8) is 0 Å².